The third-order valence-corrected chi connectivity index (χ3v) is 5.46. The van der Waals surface area contributed by atoms with Crippen molar-refractivity contribution in [3.8, 4) is 0 Å². The molecule has 4 nitrogen and oxygen atoms in total. The van der Waals surface area contributed by atoms with Gasteiger partial charge in [-0.1, -0.05) is 12.1 Å². The van der Waals surface area contributed by atoms with Gasteiger partial charge in [-0.2, -0.15) is 4.31 Å². The fourth-order valence-electron chi connectivity index (χ4n) is 2.01. The van der Waals surface area contributed by atoms with Crippen LogP contribution in [0.3, 0.4) is 0 Å². The van der Waals surface area contributed by atoms with Gasteiger partial charge in [0.25, 0.3) is 0 Å². The Labute approximate surface area is 113 Å². The van der Waals surface area contributed by atoms with Gasteiger partial charge in [0.1, 0.15) is 0 Å². The Morgan fingerprint density at radius 3 is 2.61 bits per heavy atom. The molecule has 0 N–H and O–H groups in total. The summed E-state index contributed by atoms with van der Waals surface area (Å²) < 4.78 is 31.7. The monoisotopic (exact) mass is 289 g/mol. The number of nitrogens with zero attached hydrogens (tertiary/aromatic N) is 1. The van der Waals surface area contributed by atoms with E-state index < -0.39 is 10.0 Å². The van der Waals surface area contributed by atoms with Crippen molar-refractivity contribution in [3.63, 3.8) is 0 Å². The van der Waals surface area contributed by atoms with E-state index in [0.717, 1.165) is 11.1 Å². The molecule has 0 radical (unpaired) electrons. The minimum absolute atomic E-state index is 0.318. The Hall–Kier alpha value is -0.620. The number of sulfonamides is 1. The molecule has 1 aromatic rings. The van der Waals surface area contributed by atoms with Crippen molar-refractivity contribution in [2.24, 2.45) is 0 Å². The van der Waals surface area contributed by atoms with Crippen LogP contribution in [0.25, 0.3) is 0 Å². The third kappa shape index (κ3) is 2.54. The first kappa shape index (κ1) is 13.8. The van der Waals surface area contributed by atoms with Gasteiger partial charge in [0.05, 0.1) is 18.1 Å². The quantitative estimate of drug-likeness (QED) is 0.797. The van der Waals surface area contributed by atoms with Crippen LogP contribution in [0.1, 0.15) is 11.1 Å². The van der Waals surface area contributed by atoms with Crippen molar-refractivity contribution in [2.75, 3.05) is 26.3 Å². The minimum Gasteiger partial charge on any atom is -0.379 e. The van der Waals surface area contributed by atoms with Crippen molar-refractivity contribution < 1.29 is 13.2 Å². The van der Waals surface area contributed by atoms with E-state index in [1.54, 1.807) is 19.1 Å². The molecule has 1 aliphatic heterocycles. The van der Waals surface area contributed by atoms with E-state index in [2.05, 4.69) is 0 Å². The second-order valence-corrected chi connectivity index (χ2v) is 6.36. The van der Waals surface area contributed by atoms with E-state index in [-0.39, 0.29) is 0 Å². The molecule has 1 aromatic carbocycles. The molecule has 1 aliphatic rings. The van der Waals surface area contributed by atoms with E-state index in [4.69, 9.17) is 16.3 Å². The molecule has 0 aromatic heterocycles. The molecule has 0 aliphatic carbocycles. The van der Waals surface area contributed by atoms with Gasteiger partial charge in [-0.15, -0.1) is 11.6 Å². The van der Waals surface area contributed by atoms with Crippen molar-refractivity contribution >= 4 is 21.6 Å². The maximum absolute atomic E-state index is 12.5. The van der Waals surface area contributed by atoms with E-state index in [9.17, 15) is 8.42 Å². The van der Waals surface area contributed by atoms with Crippen molar-refractivity contribution in [1.29, 1.82) is 0 Å². The van der Waals surface area contributed by atoms with Crippen molar-refractivity contribution in [1.82, 2.24) is 4.31 Å². The van der Waals surface area contributed by atoms with Gasteiger partial charge in [0.2, 0.25) is 10.0 Å². The topological polar surface area (TPSA) is 46.6 Å². The molecular weight excluding hydrogens is 274 g/mol. The number of alkyl halides is 1. The van der Waals surface area contributed by atoms with Crippen LogP contribution in [-0.2, 0) is 20.6 Å². The van der Waals surface area contributed by atoms with E-state index in [1.807, 2.05) is 6.07 Å². The summed E-state index contributed by atoms with van der Waals surface area (Å²) in [4.78, 5) is 0.350. The smallest absolute Gasteiger partial charge is 0.243 e. The number of hydrogen-bond acceptors (Lipinski definition) is 3. The molecule has 1 saturated heterocycles. The van der Waals surface area contributed by atoms with Crippen LogP contribution in [0.15, 0.2) is 23.1 Å². The summed E-state index contributed by atoms with van der Waals surface area (Å²) in [5.74, 6) is 0.318. The molecule has 0 unspecified atom stereocenters. The van der Waals surface area contributed by atoms with Gasteiger partial charge in [-0.05, 0) is 24.1 Å². The fourth-order valence-corrected chi connectivity index (χ4v) is 3.98. The maximum Gasteiger partial charge on any atom is 0.243 e. The first-order chi connectivity index (χ1) is 8.57. The molecular formula is C12H16ClNO3S. The van der Waals surface area contributed by atoms with Crippen molar-refractivity contribution in [3.05, 3.63) is 29.3 Å². The highest BCUT2D eigenvalue weighted by atomic mass is 35.5. The van der Waals surface area contributed by atoms with Crippen LogP contribution in [-0.4, -0.2) is 39.0 Å². The molecule has 2 rings (SSSR count). The second-order valence-electron chi connectivity index (χ2n) is 4.19. The molecule has 0 amide bonds. The molecule has 0 bridgehead atoms. The van der Waals surface area contributed by atoms with Gasteiger partial charge in [0.15, 0.2) is 0 Å². The minimum atomic E-state index is -3.43. The summed E-state index contributed by atoms with van der Waals surface area (Å²) in [5, 5.41) is 0. The fraction of sp³-hybridized carbons (Fsp3) is 0.500. The Balaban J connectivity index is 2.40. The van der Waals surface area contributed by atoms with Crippen LogP contribution < -0.4 is 0 Å². The normalized spacial score (nSPS) is 17.9. The zero-order valence-electron chi connectivity index (χ0n) is 10.2. The summed E-state index contributed by atoms with van der Waals surface area (Å²) in [6.07, 6.45) is 0. The molecule has 0 saturated carbocycles. The number of hydrogen-bond donors (Lipinski definition) is 0. The van der Waals surface area contributed by atoms with Gasteiger partial charge >= 0.3 is 0 Å². The van der Waals surface area contributed by atoms with Crippen LogP contribution in [0.4, 0.5) is 0 Å². The predicted molar refractivity (Wildman–Crippen MR) is 70.3 cm³/mol. The average Bonchev–Trinajstić information content (AvgIpc) is 2.40. The summed E-state index contributed by atoms with van der Waals surface area (Å²) in [5.41, 5.74) is 1.59. The van der Waals surface area contributed by atoms with E-state index in [0.29, 0.717) is 37.1 Å². The van der Waals surface area contributed by atoms with E-state index >= 15 is 0 Å². The van der Waals surface area contributed by atoms with Gasteiger partial charge in [-0.3, -0.25) is 0 Å². The average molecular weight is 290 g/mol. The lowest BCUT2D eigenvalue weighted by Gasteiger charge is -2.27. The number of morpholine rings is 1. The van der Waals surface area contributed by atoms with E-state index in [1.165, 1.54) is 4.31 Å². The highest BCUT2D eigenvalue weighted by Gasteiger charge is 2.27. The number of halogens is 1. The van der Waals surface area contributed by atoms with Gasteiger partial charge < -0.3 is 4.74 Å². The van der Waals surface area contributed by atoms with Crippen LogP contribution in [0, 0.1) is 6.92 Å². The maximum atomic E-state index is 12.5. The lowest BCUT2D eigenvalue weighted by Crippen LogP contribution is -2.40. The zero-order chi connectivity index (χ0) is 13.2. The van der Waals surface area contributed by atoms with Crippen LogP contribution in [0.2, 0.25) is 0 Å². The molecule has 6 heteroatoms. The molecule has 100 valence electrons. The molecule has 0 atom stereocenters. The largest absolute Gasteiger partial charge is 0.379 e. The lowest BCUT2D eigenvalue weighted by molar-refractivity contribution is 0.0730. The predicted octanol–water partition coefficient (Wildman–Crippen LogP) is 1.75. The number of ether oxygens (including phenoxy) is 1. The molecule has 0 spiro atoms. The number of rotatable bonds is 3. The highest BCUT2D eigenvalue weighted by Crippen LogP contribution is 2.24. The Morgan fingerprint density at radius 2 is 2.00 bits per heavy atom. The summed E-state index contributed by atoms with van der Waals surface area (Å²) in [6, 6.07) is 5.22. The second kappa shape index (κ2) is 5.57. The third-order valence-electron chi connectivity index (χ3n) is 3.13. The first-order valence-corrected chi connectivity index (χ1v) is 7.77. The summed E-state index contributed by atoms with van der Waals surface area (Å²) in [7, 11) is -3.43. The standard InChI is InChI=1S/C12H16ClNO3S/c1-10-11(9-13)3-2-4-12(10)18(15,16)14-5-7-17-8-6-14/h2-4H,5-9H2,1H3. The zero-order valence-corrected chi connectivity index (χ0v) is 11.8. The molecule has 18 heavy (non-hydrogen) atoms. The summed E-state index contributed by atoms with van der Waals surface area (Å²) in [6.45, 7) is 3.52. The van der Waals surface area contributed by atoms with Crippen LogP contribution >= 0.6 is 11.6 Å². The van der Waals surface area contributed by atoms with Gasteiger partial charge in [-0.25, -0.2) is 8.42 Å². The summed E-state index contributed by atoms with van der Waals surface area (Å²) >= 11 is 5.81. The number of benzene rings is 1. The molecule has 1 fully saturated rings. The van der Waals surface area contributed by atoms with Crippen LogP contribution in [0.5, 0.6) is 0 Å². The first-order valence-electron chi connectivity index (χ1n) is 5.79. The Bertz CT molecular complexity index is 524. The van der Waals surface area contributed by atoms with Crippen molar-refractivity contribution in [2.45, 2.75) is 17.7 Å². The molecule has 1 heterocycles. The Kier molecular flexibility index (Phi) is 4.27. The Morgan fingerprint density at radius 1 is 1.33 bits per heavy atom. The highest BCUT2D eigenvalue weighted by molar-refractivity contribution is 7.89. The van der Waals surface area contributed by atoms with Gasteiger partial charge in [0, 0.05) is 19.0 Å². The lowest BCUT2D eigenvalue weighted by atomic mass is 10.1. The SMILES string of the molecule is Cc1c(CCl)cccc1S(=O)(=O)N1CCOCC1.